The van der Waals surface area contributed by atoms with E-state index in [1.165, 1.54) is 31.2 Å². The first kappa shape index (κ1) is 37.6. The molecule has 3 aromatic carbocycles. The largest absolute Gasteiger partial charge is 1.00 e. The van der Waals surface area contributed by atoms with Gasteiger partial charge < -0.3 is 19.5 Å². The molecule has 0 aliphatic heterocycles. The number of hydrogen-bond donors (Lipinski definition) is 1. The van der Waals surface area contributed by atoms with Gasteiger partial charge in [0.25, 0.3) is 5.91 Å². The summed E-state index contributed by atoms with van der Waals surface area (Å²) < 4.78 is 78.3. The number of halogens is 4. The van der Waals surface area contributed by atoms with Gasteiger partial charge in [0.15, 0.2) is 12.4 Å². The van der Waals surface area contributed by atoms with E-state index in [1.807, 2.05) is 0 Å². The van der Waals surface area contributed by atoms with Crippen molar-refractivity contribution in [3.8, 4) is 11.8 Å². The summed E-state index contributed by atoms with van der Waals surface area (Å²) in [4.78, 5) is 37.3. The molecule has 0 aliphatic carbocycles. The molecule has 2 amide bonds. The normalized spacial score (nSPS) is 11.2. The molecule has 0 aliphatic rings. The van der Waals surface area contributed by atoms with Gasteiger partial charge in [0.2, 0.25) is 6.09 Å². The van der Waals surface area contributed by atoms with E-state index in [1.54, 1.807) is 19.9 Å². The van der Waals surface area contributed by atoms with Crippen LogP contribution in [-0.4, -0.2) is 39.4 Å². The van der Waals surface area contributed by atoms with Crippen LogP contribution in [0.15, 0.2) is 59.5 Å². The Morgan fingerprint density at radius 2 is 1.76 bits per heavy atom. The second-order valence-corrected chi connectivity index (χ2v) is 11.8. The van der Waals surface area contributed by atoms with Crippen molar-refractivity contribution in [2.45, 2.75) is 31.8 Å². The minimum atomic E-state index is -4.82. The molecule has 232 valence electrons. The number of benzene rings is 3. The Hall–Kier alpha value is -3.61. The van der Waals surface area contributed by atoms with E-state index in [4.69, 9.17) is 26.3 Å². The van der Waals surface area contributed by atoms with E-state index >= 15 is 0 Å². The van der Waals surface area contributed by atoms with Gasteiger partial charge in [0.05, 0.1) is 34.3 Å². The van der Waals surface area contributed by atoms with Gasteiger partial charge in [0, 0.05) is 16.3 Å². The third-order valence-electron chi connectivity index (χ3n) is 5.70. The number of sulfonamides is 1. The number of anilines is 1. The van der Waals surface area contributed by atoms with Crippen molar-refractivity contribution in [3.63, 3.8) is 0 Å². The monoisotopic (exact) mass is 673 g/mol. The molecule has 0 atom stereocenters. The van der Waals surface area contributed by atoms with Gasteiger partial charge in [-0.05, 0) is 73.0 Å². The van der Waals surface area contributed by atoms with Crippen LogP contribution in [0.25, 0.3) is 4.72 Å². The Kier molecular flexibility index (Phi) is 13.0. The average Bonchev–Trinajstić information content (AvgIpc) is 2.95. The van der Waals surface area contributed by atoms with Crippen LogP contribution in [0.3, 0.4) is 0 Å². The molecular weight excluding hydrogens is 650 g/mol. The number of aryl methyl sites for hydroxylation is 1. The molecule has 0 saturated heterocycles. The number of rotatable bonds is 10. The zero-order valence-electron chi connectivity index (χ0n) is 24.4. The molecule has 45 heavy (non-hydrogen) atoms. The molecular formula is C29H24ClF3N3NaO7S. The molecule has 3 rings (SSSR count). The number of nitrogens with one attached hydrogen (secondary N) is 1. The molecule has 0 saturated carbocycles. The molecule has 0 bridgehead atoms. The number of nitriles is 1. The first-order chi connectivity index (χ1) is 20.5. The van der Waals surface area contributed by atoms with Crippen molar-refractivity contribution in [2.24, 2.45) is 5.92 Å². The van der Waals surface area contributed by atoms with Gasteiger partial charge in [-0.2, -0.15) is 18.4 Å². The minimum absolute atomic E-state index is 0. The number of hydrogen-bond acceptors (Lipinski definition) is 8. The van der Waals surface area contributed by atoms with Crippen LogP contribution in [0, 0.1) is 24.2 Å². The maximum absolute atomic E-state index is 13.3. The van der Waals surface area contributed by atoms with Crippen molar-refractivity contribution >= 4 is 45.1 Å². The van der Waals surface area contributed by atoms with Crippen LogP contribution < -0.4 is 39.6 Å². The third kappa shape index (κ3) is 10.5. The van der Waals surface area contributed by atoms with Gasteiger partial charge in [-0.15, -0.1) is 0 Å². The maximum atomic E-state index is 13.3. The first-order valence-corrected chi connectivity index (χ1v) is 14.5. The van der Waals surface area contributed by atoms with Gasteiger partial charge in [0.1, 0.15) is 15.8 Å². The Labute approximate surface area is 284 Å². The minimum Gasteiger partial charge on any atom is -0.506 e. The number of alkyl halides is 3. The van der Waals surface area contributed by atoms with Crippen LogP contribution >= 0.6 is 11.6 Å². The summed E-state index contributed by atoms with van der Waals surface area (Å²) in [5.74, 6) is -1.86. The number of ether oxygens (including phenoxy) is 2. The molecule has 1 N–H and O–H groups in total. The van der Waals surface area contributed by atoms with Crippen molar-refractivity contribution in [3.05, 3.63) is 92.2 Å². The number of carbonyl (C=O) groups excluding carboxylic acids is 3. The molecule has 0 unspecified atom stereocenters. The second-order valence-electron chi connectivity index (χ2n) is 9.73. The van der Waals surface area contributed by atoms with Crippen LogP contribution in [0.1, 0.15) is 46.5 Å². The molecule has 16 heteroatoms. The Morgan fingerprint density at radius 1 is 1.07 bits per heavy atom. The number of nitrogens with zero attached hydrogens (tertiary/aromatic N) is 2. The summed E-state index contributed by atoms with van der Waals surface area (Å²) in [7, 11) is -4.39. The fraction of sp³-hybridized carbons (Fsp3) is 0.241. The Balaban J connectivity index is 0.00000705. The molecule has 0 heterocycles. The summed E-state index contributed by atoms with van der Waals surface area (Å²) in [5, 5.41) is 11.7. The van der Waals surface area contributed by atoms with E-state index in [-0.39, 0.29) is 74.6 Å². The predicted octanol–water partition coefficient (Wildman–Crippen LogP) is 3.65. The molecule has 0 fully saturated rings. The summed E-state index contributed by atoms with van der Waals surface area (Å²) in [6.07, 6.45) is -6.08. The number of ketones is 1. The number of amides is 2. The van der Waals surface area contributed by atoms with Crippen molar-refractivity contribution in [2.75, 3.05) is 18.5 Å². The quantitative estimate of drug-likeness (QED) is 0.253. The fourth-order valence-electron chi connectivity index (χ4n) is 3.63. The van der Waals surface area contributed by atoms with Crippen molar-refractivity contribution in [1.29, 1.82) is 5.26 Å². The van der Waals surface area contributed by atoms with E-state index in [0.29, 0.717) is 17.7 Å². The van der Waals surface area contributed by atoms with Crippen LogP contribution in [0.2, 0.25) is 5.02 Å². The molecule has 0 aromatic heterocycles. The molecule has 0 radical (unpaired) electrons. The van der Waals surface area contributed by atoms with Crippen molar-refractivity contribution < 1.29 is 75.0 Å². The zero-order valence-corrected chi connectivity index (χ0v) is 27.9. The SMILES string of the molecule is Cc1cc(S(=O)(=O)[N-]C(=O)OCC(C)C)ccc1NC(=O)COc1ccc(Cl)cc1C(=O)c1cc(C#N)cc(C(F)(F)F)c1.[Na+]. The van der Waals surface area contributed by atoms with E-state index in [9.17, 15) is 36.0 Å². The molecule has 10 nitrogen and oxygen atoms in total. The van der Waals surface area contributed by atoms with Crippen LogP contribution in [0.4, 0.5) is 23.7 Å². The zero-order chi connectivity index (χ0) is 32.8. The summed E-state index contributed by atoms with van der Waals surface area (Å²) in [6, 6.07) is 11.1. The fourth-order valence-corrected chi connectivity index (χ4v) is 4.72. The van der Waals surface area contributed by atoms with E-state index in [2.05, 4.69) is 10.0 Å². The second kappa shape index (κ2) is 15.6. The van der Waals surface area contributed by atoms with Crippen LogP contribution in [0.5, 0.6) is 5.75 Å². The first-order valence-electron chi connectivity index (χ1n) is 12.6. The van der Waals surface area contributed by atoms with Gasteiger partial charge in [-0.25, -0.2) is 8.42 Å². The number of carbonyl (C=O) groups is 3. The third-order valence-corrected chi connectivity index (χ3v) is 7.18. The van der Waals surface area contributed by atoms with Gasteiger partial charge >= 0.3 is 35.7 Å². The Morgan fingerprint density at radius 3 is 2.36 bits per heavy atom. The van der Waals surface area contributed by atoms with Gasteiger partial charge in [-0.1, -0.05) is 25.4 Å². The van der Waals surface area contributed by atoms with Crippen LogP contribution in [-0.2, 0) is 25.7 Å². The molecule has 3 aromatic rings. The van der Waals surface area contributed by atoms with E-state index in [0.717, 1.165) is 18.2 Å². The maximum Gasteiger partial charge on any atom is 1.00 e. The Bertz CT molecular complexity index is 1760. The molecule has 0 spiro atoms. The topological polar surface area (TPSA) is 154 Å². The average molecular weight is 674 g/mol. The van der Waals surface area contributed by atoms with Gasteiger partial charge in [-0.3, -0.25) is 14.4 Å². The summed E-state index contributed by atoms with van der Waals surface area (Å²) >= 11 is 6.00. The van der Waals surface area contributed by atoms with E-state index < -0.39 is 51.7 Å². The summed E-state index contributed by atoms with van der Waals surface area (Å²) in [5.41, 5.74) is -1.79. The predicted molar refractivity (Wildman–Crippen MR) is 153 cm³/mol. The van der Waals surface area contributed by atoms with Crippen molar-refractivity contribution in [1.82, 2.24) is 0 Å². The standard InChI is InChI=1S/C29H25ClF3N3O7S.Na/c1-16(2)14-43-28(39)36-44(40,41)22-5-6-24(17(3)8-22)35-26(37)15-42-25-7-4-21(30)12-23(25)27(38)19-9-18(13-34)10-20(11-19)29(31,32)33;/h4-12,16H,14-15H2,1-3H3,(H2,35,36,37,39);/q;+1/p-1. The summed E-state index contributed by atoms with van der Waals surface area (Å²) in [6.45, 7) is 4.36. The smallest absolute Gasteiger partial charge is 0.506 e.